The lowest BCUT2D eigenvalue weighted by Gasteiger charge is -2.11. The van der Waals surface area contributed by atoms with Crippen LogP contribution in [0.4, 0.5) is 0 Å². The summed E-state index contributed by atoms with van der Waals surface area (Å²) < 4.78 is 5.12. The monoisotopic (exact) mass is 265 g/mol. The molecule has 0 fully saturated rings. The quantitative estimate of drug-likeness (QED) is 0.867. The number of fused-ring (bicyclic) bond motifs is 1. The largest absolute Gasteiger partial charge is 0.497 e. The van der Waals surface area contributed by atoms with Crippen molar-refractivity contribution in [2.24, 2.45) is 0 Å². The molecular formula is C13H12ClNO3. The zero-order chi connectivity index (χ0) is 13.3. The first-order chi connectivity index (χ1) is 8.54. The van der Waals surface area contributed by atoms with E-state index in [1.54, 1.807) is 32.2 Å². The molecule has 0 spiro atoms. The molecule has 1 N–H and O–H groups in total. The van der Waals surface area contributed by atoms with Crippen LogP contribution in [0.2, 0.25) is 5.15 Å². The van der Waals surface area contributed by atoms with Gasteiger partial charge in [0.2, 0.25) is 0 Å². The van der Waals surface area contributed by atoms with E-state index in [0.29, 0.717) is 21.9 Å². The van der Waals surface area contributed by atoms with Gasteiger partial charge in [0.05, 0.1) is 13.0 Å². The SMILES string of the molecule is COc1ccc2c(C(C)C(=O)O)cnc(Cl)c2c1. The fourth-order valence-corrected chi connectivity index (χ4v) is 2.02. The molecule has 1 aromatic carbocycles. The Hall–Kier alpha value is -1.81. The van der Waals surface area contributed by atoms with Crippen molar-refractivity contribution in [2.45, 2.75) is 12.8 Å². The second-order valence-electron chi connectivity index (χ2n) is 3.98. The Labute approximate surface area is 109 Å². The maximum atomic E-state index is 11.1. The summed E-state index contributed by atoms with van der Waals surface area (Å²) in [6.07, 6.45) is 1.51. The predicted molar refractivity (Wildman–Crippen MR) is 69.4 cm³/mol. The van der Waals surface area contributed by atoms with Crippen molar-refractivity contribution in [1.82, 2.24) is 4.98 Å². The molecule has 1 heterocycles. The Morgan fingerprint density at radius 2 is 2.17 bits per heavy atom. The second-order valence-corrected chi connectivity index (χ2v) is 4.33. The summed E-state index contributed by atoms with van der Waals surface area (Å²) in [4.78, 5) is 15.1. The van der Waals surface area contributed by atoms with Crippen molar-refractivity contribution >= 4 is 28.3 Å². The highest BCUT2D eigenvalue weighted by Gasteiger charge is 2.18. The molecule has 0 aliphatic carbocycles. The van der Waals surface area contributed by atoms with Gasteiger partial charge < -0.3 is 9.84 Å². The topological polar surface area (TPSA) is 59.4 Å². The van der Waals surface area contributed by atoms with Crippen molar-refractivity contribution in [3.63, 3.8) is 0 Å². The van der Waals surface area contributed by atoms with Crippen molar-refractivity contribution in [3.8, 4) is 5.75 Å². The fraction of sp³-hybridized carbons (Fsp3) is 0.231. The van der Waals surface area contributed by atoms with Crippen LogP contribution < -0.4 is 4.74 Å². The number of nitrogens with zero attached hydrogens (tertiary/aromatic N) is 1. The minimum absolute atomic E-state index is 0.338. The van der Waals surface area contributed by atoms with Crippen LogP contribution in [-0.4, -0.2) is 23.2 Å². The number of hydrogen-bond donors (Lipinski definition) is 1. The summed E-state index contributed by atoms with van der Waals surface area (Å²) in [5.41, 5.74) is 0.643. The number of rotatable bonds is 3. The molecule has 0 aliphatic rings. The van der Waals surface area contributed by atoms with Gasteiger partial charge in [-0.1, -0.05) is 17.7 Å². The number of aliphatic carboxylic acids is 1. The maximum absolute atomic E-state index is 11.1. The lowest BCUT2D eigenvalue weighted by molar-refractivity contribution is -0.138. The smallest absolute Gasteiger partial charge is 0.310 e. The number of carbonyl (C=O) groups is 1. The summed E-state index contributed by atoms with van der Waals surface area (Å²) >= 11 is 6.03. The van der Waals surface area contributed by atoms with E-state index >= 15 is 0 Å². The van der Waals surface area contributed by atoms with Gasteiger partial charge in [-0.3, -0.25) is 4.79 Å². The van der Waals surface area contributed by atoms with Crippen molar-refractivity contribution < 1.29 is 14.6 Å². The van der Waals surface area contributed by atoms with Crippen LogP contribution in [0.15, 0.2) is 24.4 Å². The molecule has 18 heavy (non-hydrogen) atoms. The van der Waals surface area contributed by atoms with Crippen LogP contribution in [-0.2, 0) is 4.79 Å². The van der Waals surface area contributed by atoms with E-state index in [1.807, 2.05) is 0 Å². The van der Waals surface area contributed by atoms with Crippen LogP contribution in [0, 0.1) is 0 Å². The van der Waals surface area contributed by atoms with Gasteiger partial charge >= 0.3 is 5.97 Å². The minimum Gasteiger partial charge on any atom is -0.497 e. The van der Waals surface area contributed by atoms with Crippen molar-refractivity contribution in [3.05, 3.63) is 35.1 Å². The summed E-state index contributed by atoms with van der Waals surface area (Å²) in [7, 11) is 1.56. The van der Waals surface area contributed by atoms with E-state index in [4.69, 9.17) is 21.4 Å². The Morgan fingerprint density at radius 1 is 1.44 bits per heavy atom. The first-order valence-corrected chi connectivity index (χ1v) is 5.77. The van der Waals surface area contributed by atoms with Crippen molar-refractivity contribution in [1.29, 1.82) is 0 Å². The zero-order valence-corrected chi connectivity index (χ0v) is 10.7. The number of pyridine rings is 1. The maximum Gasteiger partial charge on any atom is 0.310 e. The Kier molecular flexibility index (Phi) is 3.39. The van der Waals surface area contributed by atoms with E-state index in [-0.39, 0.29) is 0 Å². The number of halogens is 1. The van der Waals surface area contributed by atoms with Gasteiger partial charge in [-0.25, -0.2) is 4.98 Å². The third-order valence-electron chi connectivity index (χ3n) is 2.91. The lowest BCUT2D eigenvalue weighted by Crippen LogP contribution is -2.08. The first-order valence-electron chi connectivity index (χ1n) is 5.39. The normalized spacial score (nSPS) is 12.4. The summed E-state index contributed by atoms with van der Waals surface area (Å²) in [5.74, 6) is -0.867. The highest BCUT2D eigenvalue weighted by atomic mass is 35.5. The Balaban J connectivity index is 2.70. The molecule has 0 radical (unpaired) electrons. The van der Waals surface area contributed by atoms with Crippen LogP contribution in [0.25, 0.3) is 10.8 Å². The van der Waals surface area contributed by atoms with E-state index in [1.165, 1.54) is 6.20 Å². The van der Waals surface area contributed by atoms with E-state index in [0.717, 1.165) is 5.39 Å². The van der Waals surface area contributed by atoms with E-state index < -0.39 is 11.9 Å². The molecule has 0 amide bonds. The predicted octanol–water partition coefficient (Wildman–Crippen LogP) is 3.08. The summed E-state index contributed by atoms with van der Waals surface area (Å²) in [5, 5.41) is 10.9. The average Bonchev–Trinajstić information content (AvgIpc) is 2.38. The summed E-state index contributed by atoms with van der Waals surface area (Å²) in [6, 6.07) is 5.33. The van der Waals surface area contributed by atoms with Gasteiger partial charge in [0, 0.05) is 11.6 Å². The lowest BCUT2D eigenvalue weighted by atomic mass is 9.97. The zero-order valence-electron chi connectivity index (χ0n) is 9.98. The van der Waals surface area contributed by atoms with Gasteiger partial charge in [-0.05, 0) is 30.0 Å². The van der Waals surface area contributed by atoms with Crippen LogP contribution in [0.1, 0.15) is 18.4 Å². The van der Waals surface area contributed by atoms with Gasteiger partial charge in [0.25, 0.3) is 0 Å². The molecule has 1 unspecified atom stereocenters. The average molecular weight is 266 g/mol. The number of carboxylic acids is 1. The second kappa shape index (κ2) is 4.82. The molecule has 0 saturated carbocycles. The van der Waals surface area contributed by atoms with Gasteiger partial charge in [0.15, 0.2) is 0 Å². The molecule has 94 valence electrons. The number of methoxy groups -OCH3 is 1. The number of aromatic nitrogens is 1. The first kappa shape index (κ1) is 12.6. The molecule has 1 atom stereocenters. The van der Waals surface area contributed by atoms with Crippen LogP contribution in [0.5, 0.6) is 5.75 Å². The molecule has 2 rings (SSSR count). The molecule has 0 bridgehead atoms. The molecule has 2 aromatic rings. The summed E-state index contributed by atoms with van der Waals surface area (Å²) in [6.45, 7) is 1.62. The third-order valence-corrected chi connectivity index (χ3v) is 3.22. The minimum atomic E-state index is -0.892. The number of hydrogen-bond acceptors (Lipinski definition) is 3. The Bertz CT molecular complexity index is 612. The van der Waals surface area contributed by atoms with E-state index in [2.05, 4.69) is 4.98 Å². The fourth-order valence-electron chi connectivity index (χ4n) is 1.82. The number of benzene rings is 1. The molecule has 5 heteroatoms. The number of carboxylic acid groups (broad SMARTS) is 1. The molecular weight excluding hydrogens is 254 g/mol. The van der Waals surface area contributed by atoms with Gasteiger partial charge in [-0.2, -0.15) is 0 Å². The highest BCUT2D eigenvalue weighted by molar-refractivity contribution is 6.34. The standard InChI is InChI=1S/C13H12ClNO3/c1-7(13(16)17)11-6-15-12(14)10-5-8(18-2)3-4-9(10)11/h3-7H,1-2H3,(H,16,17). The van der Waals surface area contributed by atoms with Gasteiger partial charge in [0.1, 0.15) is 10.9 Å². The van der Waals surface area contributed by atoms with Crippen LogP contribution >= 0.6 is 11.6 Å². The third kappa shape index (κ3) is 2.11. The van der Waals surface area contributed by atoms with Crippen molar-refractivity contribution in [2.75, 3.05) is 7.11 Å². The molecule has 0 saturated heterocycles. The highest BCUT2D eigenvalue weighted by Crippen LogP contribution is 2.31. The molecule has 4 nitrogen and oxygen atoms in total. The Morgan fingerprint density at radius 3 is 2.78 bits per heavy atom. The van der Waals surface area contributed by atoms with E-state index in [9.17, 15) is 4.79 Å². The molecule has 0 aliphatic heterocycles. The van der Waals surface area contributed by atoms with Crippen LogP contribution in [0.3, 0.4) is 0 Å². The van der Waals surface area contributed by atoms with Gasteiger partial charge in [-0.15, -0.1) is 0 Å². The number of ether oxygens (including phenoxy) is 1. The molecule has 1 aromatic heterocycles.